The highest BCUT2D eigenvalue weighted by Gasteiger charge is 2.34. The second-order valence-corrected chi connectivity index (χ2v) is 7.39. The molecule has 0 aliphatic rings. The number of hydrogen-bond acceptors (Lipinski definition) is 0. The SMILES string of the molecule is CC(C)=CCCB(CCC=C(C)C)C(C)(C)C(C)C. The maximum Gasteiger partial charge on any atom is 0.146 e. The Hall–Kier alpha value is -0.455. The zero-order valence-electron chi connectivity index (χ0n) is 14.6. The first-order valence-corrected chi connectivity index (χ1v) is 7.94. The fraction of sp³-hybridized carbons (Fsp3) is 0.778. The van der Waals surface area contributed by atoms with Gasteiger partial charge in [-0.3, -0.25) is 0 Å². The summed E-state index contributed by atoms with van der Waals surface area (Å²) in [6.07, 6.45) is 9.91. The summed E-state index contributed by atoms with van der Waals surface area (Å²) in [5.41, 5.74) is 2.90. The Bertz CT molecular complexity index is 278. The second-order valence-electron chi connectivity index (χ2n) is 7.39. The van der Waals surface area contributed by atoms with Gasteiger partial charge in [0.1, 0.15) is 6.71 Å². The van der Waals surface area contributed by atoms with E-state index >= 15 is 0 Å². The summed E-state index contributed by atoms with van der Waals surface area (Å²) in [7, 11) is 0. The van der Waals surface area contributed by atoms with E-state index in [1.807, 2.05) is 0 Å². The van der Waals surface area contributed by atoms with Crippen LogP contribution in [0, 0.1) is 5.92 Å². The molecular weight excluding hydrogens is 227 g/mol. The Kier molecular flexibility index (Phi) is 8.46. The van der Waals surface area contributed by atoms with Gasteiger partial charge in [0.05, 0.1) is 0 Å². The summed E-state index contributed by atoms with van der Waals surface area (Å²) in [6.45, 7) is 19.3. The van der Waals surface area contributed by atoms with Crippen molar-refractivity contribution in [2.75, 3.05) is 0 Å². The van der Waals surface area contributed by atoms with Crippen LogP contribution in [-0.4, -0.2) is 6.71 Å². The lowest BCUT2D eigenvalue weighted by molar-refractivity contribution is 0.462. The van der Waals surface area contributed by atoms with Crippen molar-refractivity contribution < 1.29 is 0 Å². The highest BCUT2D eigenvalue weighted by atomic mass is 14.2. The summed E-state index contributed by atoms with van der Waals surface area (Å²) < 4.78 is 0. The Balaban J connectivity index is 4.64. The third kappa shape index (κ3) is 7.65. The molecule has 0 rings (SSSR count). The lowest BCUT2D eigenvalue weighted by Gasteiger charge is -2.36. The molecule has 0 heterocycles. The summed E-state index contributed by atoms with van der Waals surface area (Å²) in [5, 5.41) is 0.435. The Labute approximate surface area is 122 Å². The summed E-state index contributed by atoms with van der Waals surface area (Å²) in [5.74, 6) is 0.746. The highest BCUT2D eigenvalue weighted by Crippen LogP contribution is 2.41. The average molecular weight is 262 g/mol. The molecular formula is C18H35B. The van der Waals surface area contributed by atoms with Crippen molar-refractivity contribution in [3.05, 3.63) is 23.3 Å². The molecule has 0 aliphatic heterocycles. The van der Waals surface area contributed by atoms with Crippen LogP contribution in [0.3, 0.4) is 0 Å². The third-order valence-electron chi connectivity index (χ3n) is 4.68. The molecule has 0 N–H and O–H groups in total. The minimum atomic E-state index is 0.435. The van der Waals surface area contributed by atoms with E-state index in [0.717, 1.165) is 12.6 Å². The molecule has 0 nitrogen and oxygen atoms in total. The molecule has 0 unspecified atom stereocenters. The second kappa shape index (κ2) is 8.66. The number of allylic oxidation sites excluding steroid dienone is 4. The maximum absolute atomic E-state index is 2.45. The third-order valence-corrected chi connectivity index (χ3v) is 4.68. The molecule has 0 aliphatic carbocycles. The van der Waals surface area contributed by atoms with E-state index in [-0.39, 0.29) is 0 Å². The topological polar surface area (TPSA) is 0 Å². The first kappa shape index (κ1) is 18.5. The van der Waals surface area contributed by atoms with Crippen LogP contribution in [-0.2, 0) is 0 Å². The van der Waals surface area contributed by atoms with Gasteiger partial charge in [-0.25, -0.2) is 0 Å². The Morgan fingerprint density at radius 1 is 0.895 bits per heavy atom. The van der Waals surface area contributed by atoms with Gasteiger partial charge >= 0.3 is 0 Å². The van der Waals surface area contributed by atoms with Crippen LogP contribution in [0.2, 0.25) is 18.0 Å². The van der Waals surface area contributed by atoms with Crippen molar-refractivity contribution in [3.8, 4) is 0 Å². The van der Waals surface area contributed by atoms with Gasteiger partial charge in [-0.15, -0.1) is 0 Å². The van der Waals surface area contributed by atoms with E-state index in [1.54, 1.807) is 0 Å². The highest BCUT2D eigenvalue weighted by molar-refractivity contribution is 6.62. The van der Waals surface area contributed by atoms with Crippen molar-refractivity contribution >= 4 is 6.71 Å². The van der Waals surface area contributed by atoms with Crippen molar-refractivity contribution in [1.29, 1.82) is 0 Å². The van der Waals surface area contributed by atoms with Gasteiger partial charge in [0.25, 0.3) is 0 Å². The largest absolute Gasteiger partial charge is 0.146 e. The van der Waals surface area contributed by atoms with Crippen LogP contribution < -0.4 is 0 Å². The molecule has 0 radical (unpaired) electrons. The van der Waals surface area contributed by atoms with Gasteiger partial charge in [0.15, 0.2) is 0 Å². The fourth-order valence-corrected chi connectivity index (χ4v) is 2.51. The van der Waals surface area contributed by atoms with E-state index in [1.165, 1.54) is 36.6 Å². The van der Waals surface area contributed by atoms with Crippen LogP contribution >= 0.6 is 0 Å². The number of rotatable bonds is 8. The van der Waals surface area contributed by atoms with Crippen LogP contribution in [0.1, 0.15) is 68.2 Å². The quantitative estimate of drug-likeness (QED) is 0.340. The molecule has 0 atom stereocenters. The molecule has 0 aromatic rings. The van der Waals surface area contributed by atoms with E-state index in [0.29, 0.717) is 5.31 Å². The molecule has 0 saturated carbocycles. The molecule has 110 valence electrons. The minimum absolute atomic E-state index is 0.435. The normalized spacial score (nSPS) is 11.4. The van der Waals surface area contributed by atoms with Gasteiger partial charge in [0.2, 0.25) is 0 Å². The molecule has 19 heavy (non-hydrogen) atoms. The number of hydrogen-bond donors (Lipinski definition) is 0. The van der Waals surface area contributed by atoms with Gasteiger partial charge < -0.3 is 0 Å². The summed E-state index contributed by atoms with van der Waals surface area (Å²) in [4.78, 5) is 0. The predicted octanol–water partition coefficient (Wildman–Crippen LogP) is 6.63. The van der Waals surface area contributed by atoms with Gasteiger partial charge in [-0.1, -0.05) is 68.9 Å². The molecule has 1 heteroatoms. The maximum atomic E-state index is 2.45. The van der Waals surface area contributed by atoms with Crippen LogP contribution in [0.5, 0.6) is 0 Å². The zero-order valence-corrected chi connectivity index (χ0v) is 14.6. The molecule has 0 aromatic heterocycles. The zero-order chi connectivity index (χ0) is 15.1. The van der Waals surface area contributed by atoms with E-state index in [2.05, 4.69) is 67.5 Å². The summed E-state index contributed by atoms with van der Waals surface area (Å²) in [6, 6.07) is 0. The first-order valence-electron chi connectivity index (χ1n) is 7.94. The smallest absolute Gasteiger partial charge is 0.0866 e. The standard InChI is InChI=1S/C18H35B/c1-15(2)11-9-13-19(14-10-12-16(3)4)18(7,8)17(5)6/h11-12,17H,9-10,13-14H2,1-8H3. The van der Waals surface area contributed by atoms with Gasteiger partial charge in [-0.05, 0) is 46.5 Å². The molecule has 0 spiro atoms. The monoisotopic (exact) mass is 262 g/mol. The lowest BCUT2D eigenvalue weighted by atomic mass is 9.28. The Morgan fingerprint density at radius 3 is 1.53 bits per heavy atom. The van der Waals surface area contributed by atoms with Crippen LogP contribution in [0.25, 0.3) is 0 Å². The van der Waals surface area contributed by atoms with E-state index < -0.39 is 0 Å². The van der Waals surface area contributed by atoms with Crippen LogP contribution in [0.15, 0.2) is 23.3 Å². The van der Waals surface area contributed by atoms with Crippen molar-refractivity contribution in [2.24, 2.45) is 5.92 Å². The molecule has 0 fully saturated rings. The van der Waals surface area contributed by atoms with Crippen molar-refractivity contribution in [1.82, 2.24) is 0 Å². The van der Waals surface area contributed by atoms with Gasteiger partial charge in [0, 0.05) is 0 Å². The van der Waals surface area contributed by atoms with E-state index in [4.69, 9.17) is 0 Å². The first-order chi connectivity index (χ1) is 8.67. The Morgan fingerprint density at radius 2 is 1.26 bits per heavy atom. The molecule has 0 bridgehead atoms. The van der Waals surface area contributed by atoms with Crippen molar-refractivity contribution in [2.45, 2.75) is 86.2 Å². The van der Waals surface area contributed by atoms with E-state index in [9.17, 15) is 0 Å². The lowest BCUT2D eigenvalue weighted by Crippen LogP contribution is -2.31. The minimum Gasteiger partial charge on any atom is -0.0866 e. The summed E-state index contributed by atoms with van der Waals surface area (Å²) >= 11 is 0. The van der Waals surface area contributed by atoms with Gasteiger partial charge in [-0.2, -0.15) is 0 Å². The van der Waals surface area contributed by atoms with Crippen LogP contribution in [0.4, 0.5) is 0 Å². The molecule has 0 saturated heterocycles. The molecule has 0 aromatic carbocycles. The van der Waals surface area contributed by atoms with Crippen molar-refractivity contribution in [3.63, 3.8) is 0 Å². The molecule has 0 amide bonds. The average Bonchev–Trinajstić information content (AvgIpc) is 2.25. The predicted molar refractivity (Wildman–Crippen MR) is 92.3 cm³/mol. The fourth-order valence-electron chi connectivity index (χ4n) is 2.51.